The number of benzene rings is 2. The van der Waals surface area contributed by atoms with Crippen molar-refractivity contribution in [3.05, 3.63) is 48.0 Å². The van der Waals surface area contributed by atoms with Crippen LogP contribution in [0.4, 0.5) is 0 Å². The summed E-state index contributed by atoms with van der Waals surface area (Å²) in [5.74, 6) is 0.204. The maximum absolute atomic E-state index is 13.0. The average molecular weight is 568 g/mol. The highest BCUT2D eigenvalue weighted by Gasteiger charge is 2.28. The van der Waals surface area contributed by atoms with Gasteiger partial charge < -0.3 is 19.5 Å². The van der Waals surface area contributed by atoms with Gasteiger partial charge in [0.2, 0.25) is 20.0 Å². The Hall–Kier alpha value is -2.71. The smallest absolute Gasteiger partial charge is 0.255 e. The van der Waals surface area contributed by atoms with Gasteiger partial charge in [0.25, 0.3) is 5.91 Å². The van der Waals surface area contributed by atoms with E-state index < -0.39 is 26.0 Å². The van der Waals surface area contributed by atoms with E-state index in [1.54, 1.807) is 12.1 Å². The molecule has 2 aromatic carbocycles. The highest BCUT2D eigenvalue weighted by molar-refractivity contribution is 7.89. The monoisotopic (exact) mass is 567 g/mol. The average Bonchev–Trinajstić information content (AvgIpc) is 2.96. The quantitative estimate of drug-likeness (QED) is 0.429. The largest absolute Gasteiger partial charge is 0.496 e. The Balaban J connectivity index is 1.34. The van der Waals surface area contributed by atoms with Gasteiger partial charge in [-0.2, -0.15) is 8.61 Å². The van der Waals surface area contributed by atoms with Crippen molar-refractivity contribution in [1.29, 1.82) is 0 Å². The number of nitrogens with one attached hydrogen (secondary N) is 1. The lowest BCUT2D eigenvalue weighted by Gasteiger charge is -2.26. The van der Waals surface area contributed by atoms with E-state index in [0.717, 1.165) is 19.3 Å². The first kappa shape index (κ1) is 28.3. The molecule has 2 fully saturated rings. The summed E-state index contributed by atoms with van der Waals surface area (Å²) in [5, 5.41) is 2.71. The first-order valence-corrected chi connectivity index (χ1v) is 15.4. The van der Waals surface area contributed by atoms with E-state index in [2.05, 4.69) is 5.32 Å². The summed E-state index contributed by atoms with van der Waals surface area (Å²) in [6.07, 6.45) is 2.78. The lowest BCUT2D eigenvalue weighted by atomic mass is 10.2. The Morgan fingerprint density at radius 3 is 2.13 bits per heavy atom. The molecule has 2 saturated heterocycles. The van der Waals surface area contributed by atoms with Gasteiger partial charge in [0, 0.05) is 26.2 Å². The van der Waals surface area contributed by atoms with E-state index in [0.29, 0.717) is 32.1 Å². The number of methoxy groups -OCH3 is 1. The van der Waals surface area contributed by atoms with Crippen LogP contribution in [0.5, 0.6) is 11.5 Å². The van der Waals surface area contributed by atoms with Crippen LogP contribution in [0.2, 0.25) is 0 Å². The summed E-state index contributed by atoms with van der Waals surface area (Å²) >= 11 is 0. The van der Waals surface area contributed by atoms with Gasteiger partial charge >= 0.3 is 0 Å². The second kappa shape index (κ2) is 12.4. The lowest BCUT2D eigenvalue weighted by Crippen LogP contribution is -2.40. The van der Waals surface area contributed by atoms with Crippen LogP contribution in [0.1, 0.15) is 29.6 Å². The maximum atomic E-state index is 13.0. The Morgan fingerprint density at radius 1 is 0.868 bits per heavy atom. The molecule has 0 spiro atoms. The summed E-state index contributed by atoms with van der Waals surface area (Å²) in [5.41, 5.74) is 0.0918. The molecule has 0 aliphatic carbocycles. The number of amides is 1. The third-order valence-electron chi connectivity index (χ3n) is 6.46. The minimum absolute atomic E-state index is 0.00111. The van der Waals surface area contributed by atoms with Gasteiger partial charge in [-0.15, -0.1) is 0 Å². The molecule has 2 aliphatic rings. The van der Waals surface area contributed by atoms with Gasteiger partial charge in [0.1, 0.15) is 18.1 Å². The number of hydrogen-bond donors (Lipinski definition) is 1. The van der Waals surface area contributed by atoms with Crippen molar-refractivity contribution < 1.29 is 35.8 Å². The van der Waals surface area contributed by atoms with Crippen molar-refractivity contribution in [1.82, 2.24) is 13.9 Å². The first-order valence-electron chi connectivity index (χ1n) is 12.5. The van der Waals surface area contributed by atoms with Crippen LogP contribution in [-0.2, 0) is 24.8 Å². The zero-order valence-corrected chi connectivity index (χ0v) is 22.9. The van der Waals surface area contributed by atoms with Crippen molar-refractivity contribution in [3.8, 4) is 11.5 Å². The van der Waals surface area contributed by atoms with E-state index in [1.807, 2.05) is 0 Å². The molecule has 1 N–H and O–H groups in total. The van der Waals surface area contributed by atoms with Gasteiger partial charge in [0.05, 0.1) is 42.2 Å². The van der Waals surface area contributed by atoms with Crippen LogP contribution in [0, 0.1) is 0 Å². The molecule has 2 heterocycles. The Kier molecular flexibility index (Phi) is 9.26. The van der Waals surface area contributed by atoms with Crippen LogP contribution in [0.3, 0.4) is 0 Å². The van der Waals surface area contributed by atoms with Crippen LogP contribution in [0.25, 0.3) is 0 Å². The van der Waals surface area contributed by atoms with Gasteiger partial charge in [-0.3, -0.25) is 4.79 Å². The number of carbonyl (C=O) groups is 1. The number of sulfonamides is 2. The molecule has 0 atom stereocenters. The van der Waals surface area contributed by atoms with Crippen LogP contribution in [0.15, 0.2) is 52.3 Å². The van der Waals surface area contributed by atoms with Crippen molar-refractivity contribution in [2.24, 2.45) is 0 Å². The molecular weight excluding hydrogens is 534 g/mol. The second-order valence-electron chi connectivity index (χ2n) is 8.92. The van der Waals surface area contributed by atoms with Crippen molar-refractivity contribution in [2.45, 2.75) is 29.1 Å². The molecule has 38 heavy (non-hydrogen) atoms. The molecule has 2 aromatic rings. The molecule has 13 heteroatoms. The molecule has 0 radical (unpaired) electrons. The topological polar surface area (TPSA) is 132 Å². The third kappa shape index (κ3) is 6.46. The van der Waals surface area contributed by atoms with Gasteiger partial charge in [0.15, 0.2) is 0 Å². The fraction of sp³-hybridized carbons (Fsp3) is 0.480. The number of ether oxygens (including phenoxy) is 3. The van der Waals surface area contributed by atoms with Crippen LogP contribution >= 0.6 is 0 Å². The van der Waals surface area contributed by atoms with E-state index in [4.69, 9.17) is 14.2 Å². The predicted octanol–water partition coefficient (Wildman–Crippen LogP) is 1.70. The lowest BCUT2D eigenvalue weighted by molar-refractivity contribution is 0.0730. The molecule has 0 bridgehead atoms. The normalized spacial score (nSPS) is 17.6. The number of carbonyl (C=O) groups excluding carboxylic acids is 1. The number of piperidine rings is 1. The molecule has 4 rings (SSSR count). The Bertz CT molecular complexity index is 1320. The summed E-state index contributed by atoms with van der Waals surface area (Å²) in [7, 11) is -5.89. The van der Waals surface area contributed by atoms with E-state index >= 15 is 0 Å². The minimum atomic E-state index is -3.78. The molecule has 208 valence electrons. The van der Waals surface area contributed by atoms with Gasteiger partial charge in [-0.05, 0) is 55.3 Å². The summed E-state index contributed by atoms with van der Waals surface area (Å²) in [6.45, 7) is 2.46. The Labute approximate surface area is 223 Å². The maximum Gasteiger partial charge on any atom is 0.255 e. The number of hydrogen-bond acceptors (Lipinski definition) is 8. The molecule has 0 aromatic heterocycles. The van der Waals surface area contributed by atoms with Crippen molar-refractivity contribution >= 4 is 26.0 Å². The Morgan fingerprint density at radius 2 is 1.47 bits per heavy atom. The summed E-state index contributed by atoms with van der Waals surface area (Å²) in [4.78, 5) is 13.1. The minimum Gasteiger partial charge on any atom is -0.496 e. The standard InChI is InChI=1S/C25H33N3O8S2/c1-34-24-10-9-22(38(32,33)28-14-17-35-18-15-28)19-23(24)25(29)26-11-16-36-20-5-7-21(8-6-20)37(30,31)27-12-3-2-4-13-27/h5-10,19H,2-4,11-18H2,1H3,(H,26,29). The molecule has 1 amide bonds. The highest BCUT2D eigenvalue weighted by Crippen LogP contribution is 2.26. The molecule has 0 saturated carbocycles. The van der Waals surface area contributed by atoms with Gasteiger partial charge in [-0.25, -0.2) is 16.8 Å². The van der Waals surface area contributed by atoms with Crippen molar-refractivity contribution in [3.63, 3.8) is 0 Å². The highest BCUT2D eigenvalue weighted by atomic mass is 32.2. The van der Waals surface area contributed by atoms with E-state index in [-0.39, 0.29) is 47.3 Å². The fourth-order valence-electron chi connectivity index (χ4n) is 4.35. The molecule has 11 nitrogen and oxygen atoms in total. The van der Waals surface area contributed by atoms with Crippen LogP contribution in [-0.4, -0.2) is 91.0 Å². The number of nitrogens with zero attached hydrogens (tertiary/aromatic N) is 2. The first-order chi connectivity index (χ1) is 18.2. The summed E-state index contributed by atoms with van der Waals surface area (Å²) in [6, 6.07) is 10.4. The molecule has 0 unspecified atom stereocenters. The van der Waals surface area contributed by atoms with Crippen molar-refractivity contribution in [2.75, 3.05) is 59.7 Å². The summed E-state index contributed by atoms with van der Waals surface area (Å²) < 4.78 is 70.5. The van der Waals surface area contributed by atoms with Crippen LogP contribution < -0.4 is 14.8 Å². The predicted molar refractivity (Wildman–Crippen MR) is 139 cm³/mol. The SMILES string of the molecule is COc1ccc(S(=O)(=O)N2CCOCC2)cc1C(=O)NCCOc1ccc(S(=O)(=O)N2CCCCC2)cc1. The number of morpholine rings is 1. The van der Waals surface area contributed by atoms with E-state index in [1.165, 1.54) is 46.1 Å². The molecular formula is C25H33N3O8S2. The molecule has 2 aliphatic heterocycles. The zero-order chi connectivity index (χ0) is 27.2. The van der Waals surface area contributed by atoms with E-state index in [9.17, 15) is 21.6 Å². The zero-order valence-electron chi connectivity index (χ0n) is 21.3. The second-order valence-corrected chi connectivity index (χ2v) is 12.8. The third-order valence-corrected chi connectivity index (χ3v) is 10.3. The van der Waals surface area contributed by atoms with Gasteiger partial charge in [-0.1, -0.05) is 6.42 Å². The fourth-order valence-corrected chi connectivity index (χ4v) is 7.30. The number of rotatable bonds is 10.